The van der Waals surface area contributed by atoms with Crippen LogP contribution >= 0.6 is 23.1 Å². The average Bonchev–Trinajstić information content (AvgIpc) is 3.26. The van der Waals surface area contributed by atoms with E-state index in [0.29, 0.717) is 10.9 Å². The van der Waals surface area contributed by atoms with Crippen LogP contribution in [0.3, 0.4) is 0 Å². The molecule has 35 heavy (non-hydrogen) atoms. The fourth-order valence-electron chi connectivity index (χ4n) is 4.17. The molecule has 0 fully saturated rings. The molecule has 1 aromatic carbocycles. The first-order valence-corrected chi connectivity index (χ1v) is 13.3. The summed E-state index contributed by atoms with van der Waals surface area (Å²) < 4.78 is 1.65. The maximum absolute atomic E-state index is 13.8. The molecule has 0 atom stereocenters. The van der Waals surface area contributed by atoms with Crippen molar-refractivity contribution in [3.05, 3.63) is 80.7 Å². The van der Waals surface area contributed by atoms with Crippen molar-refractivity contribution in [3.63, 3.8) is 0 Å². The Kier molecular flexibility index (Phi) is 6.79. The number of aryl methyl sites for hydroxylation is 3. The van der Waals surface area contributed by atoms with Crippen molar-refractivity contribution in [1.29, 1.82) is 0 Å². The summed E-state index contributed by atoms with van der Waals surface area (Å²) in [4.78, 5) is 37.3. The van der Waals surface area contributed by atoms with E-state index in [0.717, 1.165) is 58.3 Å². The molecule has 7 nitrogen and oxygen atoms in total. The van der Waals surface area contributed by atoms with Gasteiger partial charge in [0, 0.05) is 22.8 Å². The van der Waals surface area contributed by atoms with Gasteiger partial charge < -0.3 is 0 Å². The van der Waals surface area contributed by atoms with E-state index in [4.69, 9.17) is 4.98 Å². The Hall–Kier alpha value is -3.30. The number of hydrogen-bond acceptors (Lipinski definition) is 7. The number of benzene rings is 1. The molecule has 0 bridgehead atoms. The second kappa shape index (κ2) is 10.1. The number of nitrogens with one attached hydrogen (secondary N) is 1. The normalized spacial score (nSPS) is 13.6. The minimum atomic E-state index is -0.265. The zero-order chi connectivity index (χ0) is 24.4. The van der Waals surface area contributed by atoms with Crippen molar-refractivity contribution in [3.8, 4) is 5.69 Å². The first-order valence-electron chi connectivity index (χ1n) is 11.5. The van der Waals surface area contributed by atoms with Gasteiger partial charge >= 0.3 is 0 Å². The maximum Gasteiger partial charge on any atom is 0.267 e. The van der Waals surface area contributed by atoms with Gasteiger partial charge in [0.05, 0.1) is 22.5 Å². The molecule has 0 spiro atoms. The van der Waals surface area contributed by atoms with Crippen molar-refractivity contribution >= 4 is 44.9 Å². The first-order chi connectivity index (χ1) is 17.0. The lowest BCUT2D eigenvalue weighted by atomic mass is 9.97. The highest BCUT2D eigenvalue weighted by Gasteiger charge is 2.23. The molecule has 3 aromatic heterocycles. The molecule has 0 aliphatic heterocycles. The van der Waals surface area contributed by atoms with Crippen molar-refractivity contribution in [2.45, 2.75) is 44.7 Å². The molecule has 9 heteroatoms. The molecular weight excluding hydrogens is 478 g/mol. The van der Waals surface area contributed by atoms with Crippen LogP contribution in [0.2, 0.25) is 0 Å². The SMILES string of the molecule is CC(=NNC(=O)CSc1nc2sc3c(c2c(=O)n1-c1ccc(C)cc1)CCCC3)c1ccncc1. The van der Waals surface area contributed by atoms with Crippen molar-refractivity contribution in [2.75, 3.05) is 5.75 Å². The van der Waals surface area contributed by atoms with Gasteiger partial charge in [-0.15, -0.1) is 11.3 Å². The van der Waals surface area contributed by atoms with E-state index in [2.05, 4.69) is 15.5 Å². The van der Waals surface area contributed by atoms with E-state index < -0.39 is 0 Å². The third kappa shape index (κ3) is 4.92. The van der Waals surface area contributed by atoms with Gasteiger partial charge in [-0.25, -0.2) is 10.4 Å². The number of rotatable bonds is 6. The van der Waals surface area contributed by atoms with Gasteiger partial charge in [0.1, 0.15) is 4.83 Å². The van der Waals surface area contributed by atoms with E-state index in [1.54, 1.807) is 28.3 Å². The lowest BCUT2D eigenvalue weighted by Crippen LogP contribution is -2.24. The molecule has 0 saturated carbocycles. The molecule has 1 aliphatic carbocycles. The van der Waals surface area contributed by atoms with E-state index in [9.17, 15) is 9.59 Å². The third-order valence-corrected chi connectivity index (χ3v) is 8.15. The van der Waals surface area contributed by atoms with Gasteiger partial charge in [-0.3, -0.25) is 19.1 Å². The predicted molar refractivity (Wildman–Crippen MR) is 142 cm³/mol. The van der Waals surface area contributed by atoms with E-state index in [1.807, 2.05) is 50.2 Å². The fourth-order valence-corrected chi connectivity index (χ4v) is 6.28. The largest absolute Gasteiger partial charge is 0.272 e. The first kappa shape index (κ1) is 23.4. The van der Waals surface area contributed by atoms with Crippen LogP contribution < -0.4 is 11.0 Å². The lowest BCUT2D eigenvalue weighted by molar-refractivity contribution is -0.118. The van der Waals surface area contributed by atoms with E-state index in [-0.39, 0.29) is 17.2 Å². The number of carbonyl (C=O) groups is 1. The number of thioether (sulfide) groups is 1. The fraction of sp³-hybridized carbons (Fsp3) is 0.269. The number of aromatic nitrogens is 3. The minimum Gasteiger partial charge on any atom is -0.272 e. The summed E-state index contributed by atoms with van der Waals surface area (Å²) in [6, 6.07) is 11.5. The number of carbonyl (C=O) groups excluding carboxylic acids is 1. The number of nitrogens with zero attached hydrogens (tertiary/aromatic N) is 4. The standard InChI is InChI=1S/C26H25N5O2S2/c1-16-7-9-19(10-8-16)31-25(33)23-20-5-3-4-6-21(20)35-24(23)28-26(31)34-15-22(32)30-29-17(2)18-11-13-27-14-12-18/h7-14H,3-6,15H2,1-2H3,(H,30,32). The number of amides is 1. The summed E-state index contributed by atoms with van der Waals surface area (Å²) in [5.41, 5.74) is 7.13. The smallest absolute Gasteiger partial charge is 0.267 e. The number of pyridine rings is 1. The maximum atomic E-state index is 13.8. The van der Waals surface area contributed by atoms with Crippen LogP contribution in [-0.4, -0.2) is 31.9 Å². The zero-order valence-corrected chi connectivity index (χ0v) is 21.2. The summed E-state index contributed by atoms with van der Waals surface area (Å²) in [7, 11) is 0. The second-order valence-electron chi connectivity index (χ2n) is 8.52. The van der Waals surface area contributed by atoms with Gasteiger partial charge in [-0.05, 0) is 69.4 Å². The Morgan fingerprint density at radius 1 is 1.14 bits per heavy atom. The van der Waals surface area contributed by atoms with Crippen LogP contribution in [-0.2, 0) is 17.6 Å². The zero-order valence-electron chi connectivity index (χ0n) is 19.6. The number of hydrazone groups is 1. The Morgan fingerprint density at radius 2 is 1.89 bits per heavy atom. The molecule has 0 unspecified atom stereocenters. The van der Waals surface area contributed by atoms with Gasteiger partial charge in [0.15, 0.2) is 5.16 Å². The Morgan fingerprint density at radius 3 is 2.66 bits per heavy atom. The van der Waals surface area contributed by atoms with Gasteiger partial charge in [0.2, 0.25) is 0 Å². The second-order valence-corrected chi connectivity index (χ2v) is 10.5. The van der Waals surface area contributed by atoms with Crippen LogP contribution in [0.5, 0.6) is 0 Å². The Labute approximate surface area is 211 Å². The average molecular weight is 504 g/mol. The summed E-state index contributed by atoms with van der Waals surface area (Å²) in [5, 5.41) is 5.44. The van der Waals surface area contributed by atoms with Crippen molar-refractivity contribution in [1.82, 2.24) is 20.0 Å². The molecule has 0 saturated heterocycles. The molecule has 1 amide bonds. The number of thiophene rings is 1. The summed E-state index contributed by atoms with van der Waals surface area (Å²) in [6.45, 7) is 3.84. The molecule has 1 aliphatic rings. The minimum absolute atomic E-state index is 0.0623. The predicted octanol–water partition coefficient (Wildman–Crippen LogP) is 4.66. The van der Waals surface area contributed by atoms with Crippen molar-refractivity contribution in [2.24, 2.45) is 5.10 Å². The highest BCUT2D eigenvalue weighted by Crippen LogP contribution is 2.35. The highest BCUT2D eigenvalue weighted by molar-refractivity contribution is 7.99. The highest BCUT2D eigenvalue weighted by atomic mass is 32.2. The van der Waals surface area contributed by atoms with Gasteiger partial charge in [-0.2, -0.15) is 5.10 Å². The van der Waals surface area contributed by atoms with E-state index in [1.165, 1.54) is 16.6 Å². The third-order valence-electron chi connectivity index (χ3n) is 6.03. The molecular formula is C26H25N5O2S2. The Balaban J connectivity index is 1.45. The quantitative estimate of drug-likeness (QED) is 0.179. The summed E-state index contributed by atoms with van der Waals surface area (Å²) in [6.07, 6.45) is 7.53. The van der Waals surface area contributed by atoms with Crippen LogP contribution in [0.4, 0.5) is 0 Å². The molecule has 4 aromatic rings. The molecule has 0 radical (unpaired) electrons. The van der Waals surface area contributed by atoms with Gasteiger partial charge in [-0.1, -0.05) is 29.5 Å². The Bertz CT molecular complexity index is 1470. The lowest BCUT2D eigenvalue weighted by Gasteiger charge is -2.13. The van der Waals surface area contributed by atoms with Crippen molar-refractivity contribution < 1.29 is 4.79 Å². The number of hydrogen-bond donors (Lipinski definition) is 1. The number of fused-ring (bicyclic) bond motifs is 3. The molecule has 178 valence electrons. The topological polar surface area (TPSA) is 89.2 Å². The van der Waals surface area contributed by atoms with Crippen LogP contribution in [0, 0.1) is 6.92 Å². The van der Waals surface area contributed by atoms with Crippen LogP contribution in [0.15, 0.2) is 63.8 Å². The monoisotopic (exact) mass is 503 g/mol. The summed E-state index contributed by atoms with van der Waals surface area (Å²) >= 11 is 2.86. The van der Waals surface area contributed by atoms with E-state index >= 15 is 0 Å². The molecule has 3 heterocycles. The van der Waals surface area contributed by atoms with Crippen LogP contribution in [0.25, 0.3) is 15.9 Å². The molecule has 5 rings (SSSR count). The summed E-state index contributed by atoms with van der Waals surface area (Å²) in [5.74, 6) is -0.180. The molecule has 1 N–H and O–H groups in total. The van der Waals surface area contributed by atoms with Crippen LogP contribution in [0.1, 0.15) is 41.3 Å². The van der Waals surface area contributed by atoms with Gasteiger partial charge in [0.25, 0.3) is 11.5 Å².